The van der Waals surface area contributed by atoms with Gasteiger partial charge >= 0.3 is 0 Å². The monoisotopic (exact) mass is 242 g/mol. The lowest BCUT2D eigenvalue weighted by atomic mass is 10.2. The Balaban J connectivity index is 1.86. The third-order valence-electron chi connectivity index (χ3n) is 2.63. The van der Waals surface area contributed by atoms with E-state index in [1.807, 2.05) is 18.4 Å². The van der Waals surface area contributed by atoms with Crippen LogP contribution in [0.25, 0.3) is 0 Å². The largest absolute Gasteiger partial charge is 0.320 e. The molecule has 0 saturated carbocycles. The van der Waals surface area contributed by atoms with Crippen LogP contribution in [-0.2, 0) is 6.42 Å². The van der Waals surface area contributed by atoms with E-state index in [2.05, 4.69) is 22.5 Å². The molecule has 15 heavy (non-hydrogen) atoms. The van der Waals surface area contributed by atoms with E-state index in [1.54, 1.807) is 0 Å². The summed E-state index contributed by atoms with van der Waals surface area (Å²) in [6.45, 7) is 1.09. The first-order valence-electron chi connectivity index (χ1n) is 5.60. The van der Waals surface area contributed by atoms with Gasteiger partial charge < -0.3 is 5.32 Å². The Morgan fingerprint density at radius 2 is 2.53 bits per heavy atom. The molecule has 2 rings (SSSR count). The van der Waals surface area contributed by atoms with Gasteiger partial charge in [-0.05, 0) is 45.0 Å². The molecule has 0 aliphatic carbocycles. The summed E-state index contributed by atoms with van der Waals surface area (Å²) in [4.78, 5) is 4.73. The zero-order valence-corrected chi connectivity index (χ0v) is 10.8. The van der Waals surface area contributed by atoms with Gasteiger partial charge in [0.2, 0.25) is 0 Å². The van der Waals surface area contributed by atoms with Crippen molar-refractivity contribution >= 4 is 23.1 Å². The second kappa shape index (κ2) is 5.87. The number of thioether (sulfide) groups is 1. The molecule has 1 atom stereocenters. The molecule has 1 fully saturated rings. The highest BCUT2D eigenvalue weighted by molar-refractivity contribution is 7.99. The van der Waals surface area contributed by atoms with Crippen molar-refractivity contribution in [1.29, 1.82) is 0 Å². The van der Waals surface area contributed by atoms with Crippen LogP contribution in [0, 0.1) is 0 Å². The minimum absolute atomic E-state index is 0.702. The van der Waals surface area contributed by atoms with Crippen molar-refractivity contribution in [3.63, 3.8) is 0 Å². The summed E-state index contributed by atoms with van der Waals surface area (Å²) in [5, 5.41) is 7.47. The Morgan fingerprint density at radius 3 is 3.27 bits per heavy atom. The molecule has 0 radical (unpaired) electrons. The topological polar surface area (TPSA) is 24.9 Å². The number of nitrogens with one attached hydrogen (secondary N) is 1. The first-order valence-corrected chi connectivity index (χ1v) is 7.53. The van der Waals surface area contributed by atoms with E-state index in [4.69, 9.17) is 4.98 Å². The summed E-state index contributed by atoms with van der Waals surface area (Å²) in [5.74, 6) is 1.32. The van der Waals surface area contributed by atoms with Gasteiger partial charge in [-0.3, -0.25) is 0 Å². The van der Waals surface area contributed by atoms with Crippen LogP contribution < -0.4 is 5.32 Å². The Morgan fingerprint density at radius 1 is 1.60 bits per heavy atom. The molecule has 1 saturated heterocycles. The number of thiazole rings is 1. The molecule has 84 valence electrons. The van der Waals surface area contributed by atoms with Crippen molar-refractivity contribution < 1.29 is 0 Å². The molecule has 2 nitrogen and oxygen atoms in total. The van der Waals surface area contributed by atoms with Crippen molar-refractivity contribution in [1.82, 2.24) is 10.3 Å². The summed E-state index contributed by atoms with van der Waals surface area (Å²) in [6.07, 6.45) is 5.00. The molecule has 4 heteroatoms. The van der Waals surface area contributed by atoms with Gasteiger partial charge in [0.25, 0.3) is 0 Å². The third kappa shape index (κ3) is 3.20. The first-order chi connectivity index (χ1) is 7.40. The van der Waals surface area contributed by atoms with Gasteiger partial charge in [0.15, 0.2) is 0 Å². The number of aryl methyl sites for hydroxylation is 1. The van der Waals surface area contributed by atoms with Crippen molar-refractivity contribution in [3.05, 3.63) is 16.1 Å². The zero-order valence-electron chi connectivity index (χ0n) is 9.16. The normalized spacial score (nSPS) is 21.0. The maximum atomic E-state index is 4.73. The smallest absolute Gasteiger partial charge is 0.106 e. The highest BCUT2D eigenvalue weighted by Crippen LogP contribution is 2.40. The Kier molecular flexibility index (Phi) is 4.47. The van der Waals surface area contributed by atoms with Gasteiger partial charge in [-0.1, -0.05) is 0 Å². The van der Waals surface area contributed by atoms with Crippen molar-refractivity contribution in [2.75, 3.05) is 19.3 Å². The number of aromatic nitrogens is 1. The highest BCUT2D eigenvalue weighted by atomic mass is 32.2. The average molecular weight is 242 g/mol. The van der Waals surface area contributed by atoms with Crippen molar-refractivity contribution in [2.24, 2.45) is 0 Å². The SMILES string of the molecule is CNCCCc1csc(C2CCCS2)n1. The summed E-state index contributed by atoms with van der Waals surface area (Å²) in [7, 11) is 2.00. The molecule has 0 aromatic carbocycles. The van der Waals surface area contributed by atoms with Crippen LogP contribution in [0.3, 0.4) is 0 Å². The van der Waals surface area contributed by atoms with E-state index >= 15 is 0 Å². The van der Waals surface area contributed by atoms with E-state index in [0.717, 1.165) is 13.0 Å². The fraction of sp³-hybridized carbons (Fsp3) is 0.727. The predicted molar refractivity (Wildman–Crippen MR) is 68.8 cm³/mol. The molecular weight excluding hydrogens is 224 g/mol. The molecule has 1 aromatic heterocycles. The van der Waals surface area contributed by atoms with E-state index in [9.17, 15) is 0 Å². The predicted octanol–water partition coefficient (Wildman–Crippen LogP) is 2.86. The minimum atomic E-state index is 0.702. The molecule has 0 bridgehead atoms. The quantitative estimate of drug-likeness (QED) is 0.804. The molecule has 1 unspecified atom stereocenters. The Labute approximate surface area is 99.9 Å². The van der Waals surface area contributed by atoms with E-state index in [1.165, 1.54) is 35.7 Å². The summed E-state index contributed by atoms with van der Waals surface area (Å²) in [6, 6.07) is 0. The Hall–Kier alpha value is -0.0600. The third-order valence-corrected chi connectivity index (χ3v) is 5.18. The van der Waals surface area contributed by atoms with E-state index in [0.29, 0.717) is 5.25 Å². The fourth-order valence-electron chi connectivity index (χ4n) is 1.80. The Bertz CT molecular complexity index is 293. The van der Waals surface area contributed by atoms with Crippen LogP contribution in [0.4, 0.5) is 0 Å². The lowest BCUT2D eigenvalue weighted by Gasteiger charge is -2.02. The van der Waals surface area contributed by atoms with Crippen LogP contribution in [0.5, 0.6) is 0 Å². The molecule has 1 aromatic rings. The molecular formula is C11H18N2S2. The van der Waals surface area contributed by atoms with Crippen LogP contribution >= 0.6 is 23.1 Å². The number of rotatable bonds is 5. The van der Waals surface area contributed by atoms with Gasteiger partial charge in [-0.25, -0.2) is 4.98 Å². The summed E-state index contributed by atoms with van der Waals surface area (Å²) >= 11 is 3.93. The average Bonchev–Trinajstić information content (AvgIpc) is 2.87. The molecule has 2 heterocycles. The standard InChI is InChI=1S/C11H18N2S2/c1-12-6-2-4-9-8-15-11(13-9)10-5-3-7-14-10/h8,10,12H,2-7H2,1H3. The lowest BCUT2D eigenvalue weighted by Crippen LogP contribution is -2.08. The maximum Gasteiger partial charge on any atom is 0.106 e. The van der Waals surface area contributed by atoms with Gasteiger partial charge in [0, 0.05) is 5.38 Å². The minimum Gasteiger partial charge on any atom is -0.320 e. The second-order valence-electron chi connectivity index (χ2n) is 3.89. The number of hydrogen-bond acceptors (Lipinski definition) is 4. The zero-order chi connectivity index (χ0) is 10.5. The van der Waals surface area contributed by atoms with Gasteiger partial charge in [0.1, 0.15) is 5.01 Å². The molecule has 1 aliphatic heterocycles. The van der Waals surface area contributed by atoms with Crippen LogP contribution in [-0.4, -0.2) is 24.3 Å². The van der Waals surface area contributed by atoms with Gasteiger partial charge in [-0.2, -0.15) is 11.8 Å². The first kappa shape index (κ1) is 11.4. The number of hydrogen-bond donors (Lipinski definition) is 1. The van der Waals surface area contributed by atoms with Crippen molar-refractivity contribution in [3.8, 4) is 0 Å². The number of nitrogens with zero attached hydrogens (tertiary/aromatic N) is 1. The van der Waals surface area contributed by atoms with Crippen LogP contribution in [0.15, 0.2) is 5.38 Å². The van der Waals surface area contributed by atoms with Gasteiger partial charge in [0.05, 0.1) is 10.9 Å². The van der Waals surface area contributed by atoms with Crippen LogP contribution in [0.2, 0.25) is 0 Å². The molecule has 1 N–H and O–H groups in total. The fourth-order valence-corrected chi connectivity index (χ4v) is 4.19. The molecule has 1 aliphatic rings. The summed E-state index contributed by atoms with van der Waals surface area (Å²) in [5.41, 5.74) is 1.29. The lowest BCUT2D eigenvalue weighted by molar-refractivity contribution is 0.714. The van der Waals surface area contributed by atoms with Crippen LogP contribution in [0.1, 0.15) is 35.2 Å². The maximum absolute atomic E-state index is 4.73. The second-order valence-corrected chi connectivity index (χ2v) is 6.09. The van der Waals surface area contributed by atoms with Gasteiger partial charge in [-0.15, -0.1) is 11.3 Å². The molecule has 0 amide bonds. The summed E-state index contributed by atoms with van der Waals surface area (Å²) < 4.78 is 0. The van der Waals surface area contributed by atoms with E-state index in [-0.39, 0.29) is 0 Å². The van der Waals surface area contributed by atoms with E-state index < -0.39 is 0 Å². The van der Waals surface area contributed by atoms with Crippen molar-refractivity contribution in [2.45, 2.75) is 30.9 Å². The molecule has 0 spiro atoms. The highest BCUT2D eigenvalue weighted by Gasteiger charge is 2.20.